The van der Waals surface area contributed by atoms with Crippen LogP contribution in [-0.2, 0) is 9.63 Å². The van der Waals surface area contributed by atoms with Gasteiger partial charge in [-0.05, 0) is 38.2 Å². The summed E-state index contributed by atoms with van der Waals surface area (Å²) in [5.41, 5.74) is 2.13. The molecule has 0 radical (unpaired) electrons. The predicted molar refractivity (Wildman–Crippen MR) is 111 cm³/mol. The third-order valence-corrected chi connectivity index (χ3v) is 5.13. The molecule has 2 rings (SSSR count). The standard InChI is InChI=1S/C19H24F3N5O2S/c1-4-26(17-12-27(24-14(17)2)15-7-5-9-23-11-15)18(28)16(25-29-3)13-30-10-6-8-19(20,21)22/h5,7,9,11-12H,4,6,8,10,13H2,1-3H3. The van der Waals surface area contributed by atoms with Crippen LogP contribution in [0.3, 0.4) is 0 Å². The van der Waals surface area contributed by atoms with Crippen LogP contribution in [0, 0.1) is 6.92 Å². The second-order valence-corrected chi connectivity index (χ2v) is 7.40. The summed E-state index contributed by atoms with van der Waals surface area (Å²) in [4.78, 5) is 23.4. The zero-order valence-electron chi connectivity index (χ0n) is 17.0. The Kier molecular flexibility index (Phi) is 8.70. The molecule has 0 atom stereocenters. The molecule has 30 heavy (non-hydrogen) atoms. The molecule has 164 valence electrons. The highest BCUT2D eigenvalue weighted by atomic mass is 32.2. The molecule has 0 fully saturated rings. The fourth-order valence-electron chi connectivity index (χ4n) is 2.70. The number of anilines is 1. The summed E-state index contributed by atoms with van der Waals surface area (Å²) in [6.07, 6.45) is 0.00127. The summed E-state index contributed by atoms with van der Waals surface area (Å²) in [7, 11) is 1.32. The molecule has 1 amide bonds. The molecule has 2 heterocycles. The molecule has 0 saturated carbocycles. The molecule has 11 heteroatoms. The van der Waals surface area contributed by atoms with E-state index in [1.165, 1.54) is 23.8 Å². The van der Waals surface area contributed by atoms with Gasteiger partial charge in [0.05, 0.1) is 29.5 Å². The molecular formula is C19H24F3N5O2S. The van der Waals surface area contributed by atoms with Crippen LogP contribution >= 0.6 is 11.8 Å². The molecule has 2 aromatic heterocycles. The molecule has 0 aromatic carbocycles. The van der Waals surface area contributed by atoms with E-state index in [0.717, 1.165) is 5.69 Å². The van der Waals surface area contributed by atoms with Gasteiger partial charge in [-0.1, -0.05) is 5.16 Å². The van der Waals surface area contributed by atoms with E-state index in [2.05, 4.69) is 15.2 Å². The quantitative estimate of drug-likeness (QED) is 0.315. The topological polar surface area (TPSA) is 72.6 Å². The largest absolute Gasteiger partial charge is 0.399 e. The van der Waals surface area contributed by atoms with Crippen molar-refractivity contribution >= 4 is 29.1 Å². The van der Waals surface area contributed by atoms with Gasteiger partial charge in [0.25, 0.3) is 5.91 Å². The van der Waals surface area contributed by atoms with E-state index < -0.39 is 12.6 Å². The molecule has 0 unspecified atom stereocenters. The Hall–Kier alpha value is -2.56. The van der Waals surface area contributed by atoms with Crippen LogP contribution < -0.4 is 4.90 Å². The number of alkyl halides is 3. The lowest BCUT2D eigenvalue weighted by molar-refractivity contribution is -0.134. The van der Waals surface area contributed by atoms with E-state index in [-0.39, 0.29) is 29.5 Å². The number of halogens is 3. The number of aryl methyl sites for hydroxylation is 1. The van der Waals surface area contributed by atoms with Crippen LogP contribution in [-0.4, -0.2) is 57.7 Å². The maximum absolute atomic E-state index is 13.1. The van der Waals surface area contributed by atoms with Gasteiger partial charge < -0.3 is 9.74 Å². The van der Waals surface area contributed by atoms with E-state index in [1.807, 2.05) is 13.0 Å². The van der Waals surface area contributed by atoms with Gasteiger partial charge in [-0.15, -0.1) is 0 Å². The van der Waals surface area contributed by atoms with Gasteiger partial charge >= 0.3 is 6.18 Å². The van der Waals surface area contributed by atoms with Crippen molar-refractivity contribution in [3.8, 4) is 5.69 Å². The molecule has 7 nitrogen and oxygen atoms in total. The first-order chi connectivity index (χ1) is 14.3. The number of nitrogens with zero attached hydrogens (tertiary/aromatic N) is 5. The van der Waals surface area contributed by atoms with Gasteiger partial charge in [0.1, 0.15) is 7.11 Å². The highest BCUT2D eigenvalue weighted by Gasteiger charge is 2.27. The molecular weight excluding hydrogens is 419 g/mol. The first-order valence-corrected chi connectivity index (χ1v) is 10.4. The minimum absolute atomic E-state index is 0.0168. The molecule has 0 spiro atoms. The Morgan fingerprint density at radius 1 is 1.40 bits per heavy atom. The molecule has 0 N–H and O–H groups in total. The Labute approximate surface area is 177 Å². The van der Waals surface area contributed by atoms with Crippen molar-refractivity contribution in [1.82, 2.24) is 14.8 Å². The third-order valence-electron chi connectivity index (χ3n) is 4.07. The average Bonchev–Trinajstić information content (AvgIpc) is 3.09. The summed E-state index contributed by atoms with van der Waals surface area (Å²) < 4.78 is 38.4. The van der Waals surface area contributed by atoms with Gasteiger partial charge in [0.2, 0.25) is 0 Å². The summed E-state index contributed by atoms with van der Waals surface area (Å²) in [6.45, 7) is 3.97. The van der Waals surface area contributed by atoms with Crippen LogP contribution in [0.1, 0.15) is 25.5 Å². The highest BCUT2D eigenvalue weighted by Crippen LogP contribution is 2.24. The van der Waals surface area contributed by atoms with Crippen molar-refractivity contribution in [2.24, 2.45) is 5.16 Å². The summed E-state index contributed by atoms with van der Waals surface area (Å²) in [5.74, 6) is 0.0349. The first kappa shape index (κ1) is 23.7. The number of hydrogen-bond acceptors (Lipinski definition) is 6. The first-order valence-electron chi connectivity index (χ1n) is 9.30. The van der Waals surface area contributed by atoms with Crippen molar-refractivity contribution in [2.75, 3.05) is 30.1 Å². The Morgan fingerprint density at radius 3 is 2.77 bits per heavy atom. The molecule has 0 aliphatic heterocycles. The van der Waals surface area contributed by atoms with Crippen molar-refractivity contribution < 1.29 is 22.8 Å². The Balaban J connectivity index is 2.11. The summed E-state index contributed by atoms with van der Waals surface area (Å²) in [6, 6.07) is 3.63. The van der Waals surface area contributed by atoms with E-state index in [0.29, 0.717) is 17.9 Å². The number of oxime groups is 1. The number of rotatable bonds is 10. The maximum atomic E-state index is 13.1. The van der Waals surface area contributed by atoms with Gasteiger partial charge in [-0.25, -0.2) is 4.68 Å². The molecule has 0 saturated heterocycles. The van der Waals surface area contributed by atoms with Gasteiger partial charge in [-0.3, -0.25) is 9.78 Å². The van der Waals surface area contributed by atoms with Crippen LogP contribution in [0.25, 0.3) is 5.69 Å². The maximum Gasteiger partial charge on any atom is 0.389 e. The monoisotopic (exact) mass is 443 g/mol. The SMILES string of the molecule is CCN(C(=O)C(CSCCCC(F)(F)F)=NOC)c1cn(-c2cccnc2)nc1C. The number of carbonyl (C=O) groups excluding carboxylic acids is 1. The van der Waals surface area contributed by atoms with E-state index in [1.54, 1.807) is 36.3 Å². The number of carbonyl (C=O) groups is 1. The lowest BCUT2D eigenvalue weighted by Gasteiger charge is -2.20. The minimum atomic E-state index is -4.18. The third kappa shape index (κ3) is 6.75. The van der Waals surface area contributed by atoms with Crippen LogP contribution in [0.5, 0.6) is 0 Å². The zero-order chi connectivity index (χ0) is 22.1. The van der Waals surface area contributed by atoms with Gasteiger partial charge in [0, 0.05) is 24.9 Å². The Morgan fingerprint density at radius 2 is 2.17 bits per heavy atom. The summed E-state index contributed by atoms with van der Waals surface area (Å²) in [5, 5.41) is 8.25. The van der Waals surface area contributed by atoms with Crippen molar-refractivity contribution in [1.29, 1.82) is 0 Å². The minimum Gasteiger partial charge on any atom is -0.399 e. The normalized spacial score (nSPS) is 12.1. The summed E-state index contributed by atoms with van der Waals surface area (Å²) >= 11 is 1.21. The zero-order valence-corrected chi connectivity index (χ0v) is 17.8. The van der Waals surface area contributed by atoms with E-state index in [9.17, 15) is 18.0 Å². The number of amides is 1. The van der Waals surface area contributed by atoms with Crippen molar-refractivity contribution in [3.05, 3.63) is 36.4 Å². The molecule has 0 aliphatic carbocycles. The number of pyridine rings is 1. The molecule has 0 aliphatic rings. The fourth-order valence-corrected chi connectivity index (χ4v) is 3.56. The highest BCUT2D eigenvalue weighted by molar-refractivity contribution is 8.00. The lowest BCUT2D eigenvalue weighted by atomic mass is 10.3. The predicted octanol–water partition coefficient (Wildman–Crippen LogP) is 4.01. The van der Waals surface area contributed by atoms with Gasteiger partial charge in [0.15, 0.2) is 5.71 Å². The van der Waals surface area contributed by atoms with Gasteiger partial charge in [-0.2, -0.15) is 30.0 Å². The second-order valence-electron chi connectivity index (χ2n) is 6.30. The van der Waals surface area contributed by atoms with Crippen molar-refractivity contribution in [2.45, 2.75) is 32.9 Å². The Bertz CT molecular complexity index is 856. The number of thioether (sulfide) groups is 1. The van der Waals surface area contributed by atoms with E-state index >= 15 is 0 Å². The lowest BCUT2D eigenvalue weighted by Crippen LogP contribution is -2.38. The number of aromatic nitrogens is 3. The molecule has 0 bridgehead atoms. The van der Waals surface area contributed by atoms with Crippen LogP contribution in [0.4, 0.5) is 18.9 Å². The fraction of sp³-hybridized carbons (Fsp3) is 0.474. The smallest absolute Gasteiger partial charge is 0.389 e. The second kappa shape index (κ2) is 11.0. The number of hydrogen-bond donors (Lipinski definition) is 0. The van der Waals surface area contributed by atoms with E-state index in [4.69, 9.17) is 4.84 Å². The average molecular weight is 443 g/mol. The van der Waals surface area contributed by atoms with Crippen LogP contribution in [0.15, 0.2) is 35.9 Å². The van der Waals surface area contributed by atoms with Crippen molar-refractivity contribution in [3.63, 3.8) is 0 Å². The van der Waals surface area contributed by atoms with Crippen LogP contribution in [0.2, 0.25) is 0 Å². The molecule has 2 aromatic rings.